The van der Waals surface area contributed by atoms with Crippen molar-refractivity contribution in [1.82, 2.24) is 5.16 Å². The molecule has 4 bridgehead atoms. The van der Waals surface area contributed by atoms with Gasteiger partial charge in [-0.3, -0.25) is 0 Å². The van der Waals surface area contributed by atoms with Gasteiger partial charge in [0, 0.05) is 5.41 Å². The average Bonchev–Trinajstić information content (AvgIpc) is 2.58. The lowest BCUT2D eigenvalue weighted by atomic mass is 9.49. The highest BCUT2D eigenvalue weighted by molar-refractivity contribution is 6.31. The largest absolute Gasteiger partial charge is 0.393 e. The zero-order chi connectivity index (χ0) is 11.6. The summed E-state index contributed by atoms with van der Waals surface area (Å²) in [5, 5.41) is 4.18. The van der Waals surface area contributed by atoms with Crippen LogP contribution in [0, 0.1) is 17.8 Å². The molecular formula is C13H17ClN2O. The van der Waals surface area contributed by atoms with Gasteiger partial charge in [-0.05, 0) is 56.3 Å². The van der Waals surface area contributed by atoms with Crippen LogP contribution in [-0.2, 0) is 5.41 Å². The lowest BCUT2D eigenvalue weighted by molar-refractivity contribution is -0.0171. The van der Waals surface area contributed by atoms with Crippen LogP contribution in [0.1, 0.15) is 44.3 Å². The second-order valence-corrected chi connectivity index (χ2v) is 6.77. The smallest absolute Gasteiger partial charge is 0.195 e. The highest BCUT2D eigenvalue weighted by Crippen LogP contribution is 2.61. The zero-order valence-corrected chi connectivity index (χ0v) is 10.5. The molecule has 0 amide bonds. The molecule has 0 spiro atoms. The second kappa shape index (κ2) is 3.19. The Morgan fingerprint density at radius 3 is 2.06 bits per heavy atom. The van der Waals surface area contributed by atoms with Crippen molar-refractivity contribution in [2.75, 3.05) is 5.73 Å². The molecule has 0 aromatic carbocycles. The fourth-order valence-corrected chi connectivity index (χ4v) is 5.17. The maximum Gasteiger partial charge on any atom is 0.195 e. The predicted octanol–water partition coefficient (Wildman–Crippen LogP) is 3.38. The lowest BCUT2D eigenvalue weighted by Crippen LogP contribution is -2.48. The molecule has 0 saturated heterocycles. The minimum atomic E-state index is 0.166. The predicted molar refractivity (Wildman–Crippen MR) is 65.8 cm³/mol. The molecule has 1 aromatic heterocycles. The molecule has 0 unspecified atom stereocenters. The standard InChI is InChI=1S/C13H17ClN2O/c14-12-10(15)11(17-16-12)13-4-7-1-8(5-13)3-9(2-7)6-13/h7-9H,1-6,15H2. The molecule has 5 rings (SSSR count). The summed E-state index contributed by atoms with van der Waals surface area (Å²) in [5.74, 6) is 3.53. The van der Waals surface area contributed by atoms with Crippen molar-refractivity contribution in [3.63, 3.8) is 0 Å². The minimum Gasteiger partial charge on any atom is -0.393 e. The molecule has 1 heterocycles. The summed E-state index contributed by atoms with van der Waals surface area (Å²) in [5.41, 5.74) is 6.79. The summed E-state index contributed by atoms with van der Waals surface area (Å²) < 4.78 is 5.47. The van der Waals surface area contributed by atoms with Gasteiger partial charge in [0.05, 0.1) is 0 Å². The Kier molecular flexibility index (Phi) is 1.92. The van der Waals surface area contributed by atoms with E-state index >= 15 is 0 Å². The van der Waals surface area contributed by atoms with Gasteiger partial charge in [0.1, 0.15) is 5.69 Å². The summed E-state index contributed by atoms with van der Waals surface area (Å²) in [6.07, 6.45) is 7.95. The first-order valence-electron chi connectivity index (χ1n) is 6.57. The van der Waals surface area contributed by atoms with Gasteiger partial charge in [0.15, 0.2) is 10.9 Å². The Morgan fingerprint density at radius 2 is 1.65 bits per heavy atom. The van der Waals surface area contributed by atoms with Crippen molar-refractivity contribution in [2.24, 2.45) is 17.8 Å². The van der Waals surface area contributed by atoms with E-state index in [0.29, 0.717) is 10.8 Å². The number of nitrogens with two attached hydrogens (primary N) is 1. The SMILES string of the molecule is Nc1c(Cl)noc1C12CC3CC(CC(C3)C1)C2. The van der Waals surface area contributed by atoms with Gasteiger partial charge in [-0.2, -0.15) is 0 Å². The van der Waals surface area contributed by atoms with Crippen LogP contribution < -0.4 is 5.73 Å². The first-order chi connectivity index (χ1) is 8.16. The molecule has 4 aliphatic carbocycles. The van der Waals surface area contributed by atoms with Crippen molar-refractivity contribution in [2.45, 2.75) is 43.9 Å². The Morgan fingerprint density at radius 1 is 1.12 bits per heavy atom. The van der Waals surface area contributed by atoms with E-state index in [1.165, 1.54) is 38.5 Å². The summed E-state index contributed by atoms with van der Waals surface area (Å²) in [6, 6.07) is 0. The van der Waals surface area contributed by atoms with Crippen molar-refractivity contribution in [1.29, 1.82) is 0 Å². The highest BCUT2D eigenvalue weighted by atomic mass is 35.5. The van der Waals surface area contributed by atoms with Gasteiger partial charge in [-0.15, -0.1) is 0 Å². The second-order valence-electron chi connectivity index (χ2n) is 6.41. The van der Waals surface area contributed by atoms with Gasteiger partial charge in [0.25, 0.3) is 0 Å². The van der Waals surface area contributed by atoms with E-state index < -0.39 is 0 Å². The van der Waals surface area contributed by atoms with Crippen LogP contribution in [0.15, 0.2) is 4.52 Å². The van der Waals surface area contributed by atoms with Crippen LogP contribution in [0.3, 0.4) is 0 Å². The number of nitrogen functional groups attached to an aromatic ring is 1. The van der Waals surface area contributed by atoms with Crippen molar-refractivity contribution in [3.8, 4) is 0 Å². The van der Waals surface area contributed by atoms with E-state index in [2.05, 4.69) is 5.16 Å². The fourth-order valence-electron chi connectivity index (χ4n) is 5.05. The van der Waals surface area contributed by atoms with E-state index in [-0.39, 0.29) is 5.41 Å². The van der Waals surface area contributed by atoms with Crippen molar-refractivity contribution < 1.29 is 4.52 Å². The number of aromatic nitrogens is 1. The molecule has 0 aliphatic heterocycles. The molecular weight excluding hydrogens is 236 g/mol. The fraction of sp³-hybridized carbons (Fsp3) is 0.769. The van der Waals surface area contributed by atoms with Crippen LogP contribution >= 0.6 is 11.6 Å². The Labute approximate surface area is 106 Å². The van der Waals surface area contributed by atoms with Crippen molar-refractivity contribution >= 4 is 17.3 Å². The van der Waals surface area contributed by atoms with E-state index in [0.717, 1.165) is 23.5 Å². The number of rotatable bonds is 1. The summed E-state index contributed by atoms with van der Waals surface area (Å²) in [7, 11) is 0. The molecule has 92 valence electrons. The third kappa shape index (κ3) is 1.32. The molecule has 1 aromatic rings. The van der Waals surface area contributed by atoms with Gasteiger partial charge < -0.3 is 10.3 Å². The van der Waals surface area contributed by atoms with Crippen LogP contribution in [-0.4, -0.2) is 5.16 Å². The summed E-state index contributed by atoms with van der Waals surface area (Å²) >= 11 is 5.94. The van der Waals surface area contributed by atoms with Gasteiger partial charge in [-0.25, -0.2) is 0 Å². The maximum absolute atomic E-state index is 6.04. The zero-order valence-electron chi connectivity index (χ0n) is 9.79. The molecule has 4 saturated carbocycles. The normalized spacial score (nSPS) is 43.2. The van der Waals surface area contributed by atoms with Crippen LogP contribution in [0.25, 0.3) is 0 Å². The summed E-state index contributed by atoms with van der Waals surface area (Å²) in [6.45, 7) is 0. The van der Waals surface area contributed by atoms with E-state index in [1.807, 2.05) is 0 Å². The molecule has 2 N–H and O–H groups in total. The third-order valence-electron chi connectivity index (χ3n) is 5.20. The molecule has 4 fully saturated rings. The first-order valence-corrected chi connectivity index (χ1v) is 6.95. The number of nitrogens with zero attached hydrogens (tertiary/aromatic N) is 1. The molecule has 17 heavy (non-hydrogen) atoms. The molecule has 0 atom stereocenters. The van der Waals surface area contributed by atoms with Crippen molar-refractivity contribution in [3.05, 3.63) is 10.9 Å². The highest BCUT2D eigenvalue weighted by Gasteiger charge is 2.54. The quantitative estimate of drug-likeness (QED) is 0.834. The van der Waals surface area contributed by atoms with Crippen LogP contribution in [0.4, 0.5) is 5.69 Å². The van der Waals surface area contributed by atoms with E-state index in [4.69, 9.17) is 21.9 Å². The topological polar surface area (TPSA) is 52.0 Å². The van der Waals surface area contributed by atoms with E-state index in [1.54, 1.807) is 0 Å². The van der Waals surface area contributed by atoms with Crippen LogP contribution in [0.2, 0.25) is 5.15 Å². The maximum atomic E-state index is 6.04. The Hall–Kier alpha value is -0.700. The van der Waals surface area contributed by atoms with Gasteiger partial charge >= 0.3 is 0 Å². The number of hydrogen-bond donors (Lipinski definition) is 1. The number of hydrogen-bond acceptors (Lipinski definition) is 3. The monoisotopic (exact) mass is 252 g/mol. The van der Waals surface area contributed by atoms with E-state index in [9.17, 15) is 0 Å². The minimum absolute atomic E-state index is 0.166. The average molecular weight is 253 g/mol. The number of anilines is 1. The molecule has 4 heteroatoms. The third-order valence-corrected chi connectivity index (χ3v) is 5.48. The molecule has 3 nitrogen and oxygen atoms in total. The Bertz CT molecular complexity index is 433. The number of halogens is 1. The lowest BCUT2D eigenvalue weighted by Gasteiger charge is -2.55. The molecule has 4 aliphatic rings. The Balaban J connectivity index is 1.80. The van der Waals surface area contributed by atoms with Crippen LogP contribution in [0.5, 0.6) is 0 Å². The molecule has 0 radical (unpaired) electrons. The first kappa shape index (κ1) is 10.2. The summed E-state index contributed by atoms with van der Waals surface area (Å²) in [4.78, 5) is 0. The van der Waals surface area contributed by atoms with Gasteiger partial charge in [0.2, 0.25) is 0 Å². The van der Waals surface area contributed by atoms with Gasteiger partial charge in [-0.1, -0.05) is 16.8 Å².